The van der Waals surface area contributed by atoms with E-state index < -0.39 is 0 Å². The van der Waals surface area contributed by atoms with Gasteiger partial charge < -0.3 is 4.98 Å². The van der Waals surface area contributed by atoms with Gasteiger partial charge in [-0.2, -0.15) is 0 Å². The van der Waals surface area contributed by atoms with Crippen LogP contribution in [0.15, 0.2) is 23.3 Å². The van der Waals surface area contributed by atoms with Crippen LogP contribution in [-0.2, 0) is 0 Å². The number of hydrogen-bond acceptors (Lipinski definition) is 2. The van der Waals surface area contributed by atoms with Crippen LogP contribution in [0.4, 0.5) is 0 Å². The first kappa shape index (κ1) is 9.00. The van der Waals surface area contributed by atoms with Gasteiger partial charge in [0.15, 0.2) is 0 Å². The second-order valence-corrected chi connectivity index (χ2v) is 2.59. The quantitative estimate of drug-likeness (QED) is 0.723. The Morgan fingerprint density at radius 1 is 1.67 bits per heavy atom. The molecule has 0 atom stereocenters. The van der Waals surface area contributed by atoms with Gasteiger partial charge in [0, 0.05) is 12.1 Å². The molecule has 12 heavy (non-hydrogen) atoms. The molecule has 1 heterocycles. The van der Waals surface area contributed by atoms with E-state index in [2.05, 4.69) is 9.97 Å². The van der Waals surface area contributed by atoms with Crippen LogP contribution in [0.3, 0.4) is 0 Å². The standard InChI is InChI=1S/C8H9ClN2O/c9-4-2-1-3-7-5-11-8(12)6-10-7/h1,3,5-6H,2,4H2,(H,11,12). The fraction of sp³-hybridized carbons (Fsp3) is 0.250. The number of allylic oxidation sites excluding steroid dienone is 1. The summed E-state index contributed by atoms with van der Waals surface area (Å²) in [5.41, 5.74) is 0.546. The topological polar surface area (TPSA) is 45.8 Å². The molecule has 1 N–H and O–H groups in total. The van der Waals surface area contributed by atoms with Crippen molar-refractivity contribution in [3.8, 4) is 0 Å². The fourth-order valence-corrected chi connectivity index (χ4v) is 0.837. The molecule has 0 aliphatic rings. The van der Waals surface area contributed by atoms with Gasteiger partial charge in [0.1, 0.15) is 0 Å². The minimum atomic E-state index is -0.190. The second kappa shape index (κ2) is 4.72. The highest BCUT2D eigenvalue weighted by atomic mass is 35.5. The van der Waals surface area contributed by atoms with E-state index >= 15 is 0 Å². The van der Waals surface area contributed by atoms with Crippen LogP contribution < -0.4 is 5.56 Å². The van der Waals surface area contributed by atoms with Crippen LogP contribution in [0.25, 0.3) is 6.08 Å². The van der Waals surface area contributed by atoms with Crippen molar-refractivity contribution in [2.75, 3.05) is 5.88 Å². The Balaban J connectivity index is 2.64. The Kier molecular flexibility index (Phi) is 3.54. The van der Waals surface area contributed by atoms with E-state index in [-0.39, 0.29) is 5.56 Å². The Labute approximate surface area is 75.1 Å². The number of nitrogens with zero attached hydrogens (tertiary/aromatic N) is 1. The van der Waals surface area contributed by atoms with Crippen LogP contribution in [0.5, 0.6) is 0 Å². The normalized spacial score (nSPS) is 10.8. The van der Waals surface area contributed by atoms with Crippen molar-refractivity contribution >= 4 is 17.7 Å². The molecule has 0 amide bonds. The Morgan fingerprint density at radius 3 is 3.08 bits per heavy atom. The highest BCUT2D eigenvalue weighted by Crippen LogP contribution is 1.94. The summed E-state index contributed by atoms with van der Waals surface area (Å²) in [5, 5.41) is 0. The van der Waals surface area contributed by atoms with Crippen LogP contribution in [0, 0.1) is 0 Å². The zero-order chi connectivity index (χ0) is 8.81. The van der Waals surface area contributed by atoms with Gasteiger partial charge in [-0.15, -0.1) is 11.6 Å². The largest absolute Gasteiger partial charge is 0.326 e. The summed E-state index contributed by atoms with van der Waals surface area (Å²) >= 11 is 5.46. The van der Waals surface area contributed by atoms with Gasteiger partial charge >= 0.3 is 0 Å². The predicted octanol–water partition coefficient (Wildman–Crippen LogP) is 1.41. The molecule has 0 spiro atoms. The van der Waals surface area contributed by atoms with Gasteiger partial charge in [-0.05, 0) is 12.5 Å². The minimum absolute atomic E-state index is 0.190. The van der Waals surface area contributed by atoms with Gasteiger partial charge in [0.2, 0.25) is 0 Å². The molecule has 0 unspecified atom stereocenters. The number of aromatic amines is 1. The first-order chi connectivity index (χ1) is 5.83. The summed E-state index contributed by atoms with van der Waals surface area (Å²) in [7, 11) is 0. The van der Waals surface area contributed by atoms with Crippen LogP contribution in [0.2, 0.25) is 0 Å². The lowest BCUT2D eigenvalue weighted by molar-refractivity contribution is 1.12. The van der Waals surface area contributed by atoms with Crippen molar-refractivity contribution in [2.24, 2.45) is 0 Å². The third-order valence-electron chi connectivity index (χ3n) is 1.26. The molecule has 64 valence electrons. The van der Waals surface area contributed by atoms with Gasteiger partial charge in [-0.3, -0.25) is 4.79 Å². The molecule has 0 radical (unpaired) electrons. The van der Waals surface area contributed by atoms with E-state index in [1.807, 2.05) is 12.2 Å². The van der Waals surface area contributed by atoms with E-state index in [1.165, 1.54) is 6.20 Å². The molecule has 0 fully saturated rings. The molecule has 0 bridgehead atoms. The zero-order valence-corrected chi connectivity index (χ0v) is 7.21. The molecular weight excluding hydrogens is 176 g/mol. The average molecular weight is 185 g/mol. The lowest BCUT2D eigenvalue weighted by Gasteiger charge is -1.88. The van der Waals surface area contributed by atoms with Crippen molar-refractivity contribution in [3.63, 3.8) is 0 Å². The van der Waals surface area contributed by atoms with Crippen LogP contribution in [0.1, 0.15) is 12.1 Å². The summed E-state index contributed by atoms with van der Waals surface area (Å²) in [6.45, 7) is 0. The average Bonchev–Trinajstić information content (AvgIpc) is 2.09. The van der Waals surface area contributed by atoms with E-state index in [1.54, 1.807) is 6.20 Å². The SMILES string of the molecule is O=c1cnc(C=CCCCl)c[nH]1. The molecule has 4 heteroatoms. The maximum Gasteiger partial charge on any atom is 0.266 e. The zero-order valence-electron chi connectivity index (χ0n) is 6.46. The van der Waals surface area contributed by atoms with Crippen molar-refractivity contribution in [1.82, 2.24) is 9.97 Å². The summed E-state index contributed by atoms with van der Waals surface area (Å²) in [6.07, 6.45) is 7.35. The number of nitrogens with one attached hydrogen (secondary N) is 1. The highest BCUT2D eigenvalue weighted by molar-refractivity contribution is 6.17. The van der Waals surface area contributed by atoms with E-state index in [4.69, 9.17) is 11.6 Å². The van der Waals surface area contributed by atoms with Crippen molar-refractivity contribution in [3.05, 3.63) is 34.5 Å². The molecule has 0 saturated carbocycles. The molecule has 1 aromatic rings. The number of hydrogen-bond donors (Lipinski definition) is 1. The summed E-state index contributed by atoms with van der Waals surface area (Å²) in [5.74, 6) is 0.597. The fourth-order valence-electron chi connectivity index (χ4n) is 0.711. The number of halogens is 1. The highest BCUT2D eigenvalue weighted by Gasteiger charge is 1.86. The number of rotatable bonds is 3. The third kappa shape index (κ3) is 2.88. The number of H-pyrrole nitrogens is 1. The van der Waals surface area contributed by atoms with Crippen molar-refractivity contribution in [1.29, 1.82) is 0 Å². The lowest BCUT2D eigenvalue weighted by Crippen LogP contribution is -2.04. The van der Waals surface area contributed by atoms with Crippen LogP contribution in [-0.4, -0.2) is 15.8 Å². The number of alkyl halides is 1. The van der Waals surface area contributed by atoms with E-state index in [9.17, 15) is 4.79 Å². The van der Waals surface area contributed by atoms with Gasteiger partial charge in [-0.1, -0.05) is 6.08 Å². The summed E-state index contributed by atoms with van der Waals surface area (Å²) in [4.78, 5) is 17.0. The van der Waals surface area contributed by atoms with Gasteiger partial charge in [-0.25, -0.2) is 4.98 Å². The maximum atomic E-state index is 10.6. The third-order valence-corrected chi connectivity index (χ3v) is 1.48. The molecular formula is C8H9ClN2O. The van der Waals surface area contributed by atoms with E-state index in [0.717, 1.165) is 12.1 Å². The monoisotopic (exact) mass is 184 g/mol. The van der Waals surface area contributed by atoms with Gasteiger partial charge in [0.05, 0.1) is 11.9 Å². The Bertz CT molecular complexity index is 299. The lowest BCUT2D eigenvalue weighted by atomic mass is 10.3. The molecule has 0 aliphatic heterocycles. The molecule has 3 nitrogen and oxygen atoms in total. The molecule has 1 rings (SSSR count). The second-order valence-electron chi connectivity index (χ2n) is 2.22. The Morgan fingerprint density at radius 2 is 2.50 bits per heavy atom. The van der Waals surface area contributed by atoms with E-state index in [0.29, 0.717) is 5.88 Å². The minimum Gasteiger partial charge on any atom is -0.326 e. The summed E-state index contributed by atoms with van der Waals surface area (Å²) < 4.78 is 0. The first-order valence-corrected chi connectivity index (χ1v) is 4.13. The van der Waals surface area contributed by atoms with Crippen LogP contribution >= 0.6 is 11.6 Å². The predicted molar refractivity (Wildman–Crippen MR) is 49.2 cm³/mol. The number of aromatic nitrogens is 2. The van der Waals surface area contributed by atoms with Gasteiger partial charge in [0.25, 0.3) is 5.56 Å². The van der Waals surface area contributed by atoms with Crippen molar-refractivity contribution in [2.45, 2.75) is 6.42 Å². The summed E-state index contributed by atoms with van der Waals surface area (Å²) in [6, 6.07) is 0. The first-order valence-electron chi connectivity index (χ1n) is 3.60. The molecule has 0 saturated heterocycles. The van der Waals surface area contributed by atoms with Crippen molar-refractivity contribution < 1.29 is 0 Å². The Hall–Kier alpha value is -1.09. The maximum absolute atomic E-state index is 10.6. The smallest absolute Gasteiger partial charge is 0.266 e. The molecule has 1 aromatic heterocycles. The molecule has 0 aliphatic carbocycles. The molecule has 0 aromatic carbocycles.